The Balaban J connectivity index is 2.34. The monoisotopic (exact) mass is 255 g/mol. The molecule has 0 aliphatic rings. The molecule has 1 aromatic heterocycles. The number of benzene rings is 2. The van der Waals surface area contributed by atoms with Gasteiger partial charge in [0.05, 0.1) is 5.39 Å². The van der Waals surface area contributed by atoms with E-state index in [9.17, 15) is 14.9 Å². The highest BCUT2D eigenvalue weighted by molar-refractivity contribution is 6.04. The second-order valence-electron chi connectivity index (χ2n) is 4.26. The van der Waals surface area contributed by atoms with E-state index in [0.29, 0.717) is 16.5 Å². The van der Waals surface area contributed by atoms with E-state index in [0.717, 1.165) is 10.8 Å². The van der Waals surface area contributed by atoms with Crippen molar-refractivity contribution in [3.05, 3.63) is 68.6 Å². The molecule has 19 heavy (non-hydrogen) atoms. The number of hydrogen-bond acceptors (Lipinski definition) is 4. The summed E-state index contributed by atoms with van der Waals surface area (Å²) in [5.41, 5.74) is 0.459. The number of fused-ring (bicyclic) bond motifs is 3. The minimum absolute atomic E-state index is 0.285. The Morgan fingerprint density at radius 1 is 1.05 bits per heavy atom. The zero-order chi connectivity index (χ0) is 13.4. The lowest BCUT2D eigenvalue weighted by Gasteiger charge is -2.03. The fraction of sp³-hybridized carbons (Fsp3) is 0.0714. The summed E-state index contributed by atoms with van der Waals surface area (Å²) in [6.45, 7) is -0.285. The van der Waals surface area contributed by atoms with Gasteiger partial charge >= 0.3 is 5.63 Å². The predicted molar refractivity (Wildman–Crippen MR) is 70.7 cm³/mol. The van der Waals surface area contributed by atoms with E-state index >= 15 is 0 Å². The van der Waals surface area contributed by atoms with E-state index in [1.165, 1.54) is 0 Å². The maximum absolute atomic E-state index is 11.8. The van der Waals surface area contributed by atoms with Crippen molar-refractivity contribution in [2.75, 3.05) is 0 Å². The van der Waals surface area contributed by atoms with Gasteiger partial charge in [0, 0.05) is 15.9 Å². The predicted octanol–water partition coefficient (Wildman–Crippen LogP) is 2.72. The Morgan fingerprint density at radius 3 is 2.53 bits per heavy atom. The summed E-state index contributed by atoms with van der Waals surface area (Å²) in [4.78, 5) is 21.9. The highest BCUT2D eigenvalue weighted by Crippen LogP contribution is 2.23. The molecule has 94 valence electrons. The highest BCUT2D eigenvalue weighted by atomic mass is 16.6. The molecular formula is C14H9NO4. The summed E-state index contributed by atoms with van der Waals surface area (Å²) in [6.07, 6.45) is 0. The summed E-state index contributed by atoms with van der Waals surface area (Å²) in [7, 11) is 0. The minimum Gasteiger partial charge on any atom is -0.422 e. The third kappa shape index (κ3) is 1.95. The van der Waals surface area contributed by atoms with Crippen LogP contribution >= 0.6 is 0 Å². The van der Waals surface area contributed by atoms with Crippen LogP contribution < -0.4 is 5.63 Å². The van der Waals surface area contributed by atoms with Crippen molar-refractivity contribution in [2.24, 2.45) is 0 Å². The minimum atomic E-state index is -0.429. The molecule has 0 saturated heterocycles. The third-order valence-corrected chi connectivity index (χ3v) is 3.00. The molecule has 0 amide bonds. The van der Waals surface area contributed by atoms with Crippen molar-refractivity contribution in [2.45, 2.75) is 6.54 Å². The standard InChI is InChI=1S/C14H9NO4/c16-14-12-4-2-1-3-10(12)11-6-5-9(8-15(17)18)7-13(11)19-14/h1-7H,8H2. The topological polar surface area (TPSA) is 73.3 Å². The molecule has 2 aromatic carbocycles. The molecule has 3 aromatic rings. The van der Waals surface area contributed by atoms with Gasteiger partial charge in [-0.3, -0.25) is 10.1 Å². The van der Waals surface area contributed by atoms with Gasteiger partial charge in [0.25, 0.3) is 0 Å². The maximum Gasteiger partial charge on any atom is 0.344 e. The number of nitro groups is 1. The fourth-order valence-electron chi connectivity index (χ4n) is 2.17. The first kappa shape index (κ1) is 11.4. The molecule has 5 heteroatoms. The Hall–Kier alpha value is -2.69. The Kier molecular flexibility index (Phi) is 2.52. The average Bonchev–Trinajstić information content (AvgIpc) is 2.38. The maximum atomic E-state index is 11.8. The fourth-order valence-corrected chi connectivity index (χ4v) is 2.17. The van der Waals surface area contributed by atoms with E-state index in [1.807, 2.05) is 12.1 Å². The van der Waals surface area contributed by atoms with E-state index < -0.39 is 10.5 Å². The van der Waals surface area contributed by atoms with Gasteiger partial charge < -0.3 is 4.42 Å². The Bertz CT molecular complexity index is 851. The van der Waals surface area contributed by atoms with Gasteiger partial charge in [-0.25, -0.2) is 4.79 Å². The van der Waals surface area contributed by atoms with Crippen molar-refractivity contribution < 1.29 is 9.34 Å². The van der Waals surface area contributed by atoms with Crippen LogP contribution in [-0.4, -0.2) is 4.92 Å². The summed E-state index contributed by atoms with van der Waals surface area (Å²) in [5.74, 6) is 0. The number of rotatable bonds is 2. The van der Waals surface area contributed by atoms with Crippen LogP contribution in [0.25, 0.3) is 21.7 Å². The van der Waals surface area contributed by atoms with Gasteiger partial charge in [0.15, 0.2) is 0 Å². The van der Waals surface area contributed by atoms with Crippen molar-refractivity contribution in [3.63, 3.8) is 0 Å². The number of nitrogens with zero attached hydrogens (tertiary/aromatic N) is 1. The van der Waals surface area contributed by atoms with Gasteiger partial charge in [0.2, 0.25) is 6.54 Å². The van der Waals surface area contributed by atoms with Crippen molar-refractivity contribution in [1.82, 2.24) is 0 Å². The number of hydrogen-bond donors (Lipinski definition) is 0. The zero-order valence-corrected chi connectivity index (χ0v) is 9.83. The second kappa shape index (κ2) is 4.20. The smallest absolute Gasteiger partial charge is 0.344 e. The molecule has 0 unspecified atom stereocenters. The quantitative estimate of drug-likeness (QED) is 0.305. The van der Waals surface area contributed by atoms with Crippen LogP contribution in [-0.2, 0) is 6.54 Å². The second-order valence-corrected chi connectivity index (χ2v) is 4.26. The van der Waals surface area contributed by atoms with E-state index in [1.54, 1.807) is 30.3 Å². The molecule has 0 aliphatic heterocycles. The lowest BCUT2D eigenvalue weighted by atomic mass is 10.1. The molecular weight excluding hydrogens is 246 g/mol. The first-order valence-electron chi connectivity index (χ1n) is 5.71. The molecule has 0 spiro atoms. The summed E-state index contributed by atoms with van der Waals surface area (Å²) < 4.78 is 5.22. The van der Waals surface area contributed by atoms with Crippen LogP contribution in [0.1, 0.15) is 5.56 Å². The molecule has 0 saturated carbocycles. The first-order chi connectivity index (χ1) is 9.15. The Morgan fingerprint density at radius 2 is 1.79 bits per heavy atom. The lowest BCUT2D eigenvalue weighted by molar-refractivity contribution is -0.496. The molecule has 0 radical (unpaired) electrons. The van der Waals surface area contributed by atoms with Crippen LogP contribution in [0.15, 0.2) is 51.7 Å². The molecule has 5 nitrogen and oxygen atoms in total. The van der Waals surface area contributed by atoms with Crippen LogP contribution in [0.5, 0.6) is 0 Å². The van der Waals surface area contributed by atoms with E-state index in [2.05, 4.69) is 0 Å². The third-order valence-electron chi connectivity index (χ3n) is 3.00. The van der Waals surface area contributed by atoms with Gasteiger partial charge in [-0.1, -0.05) is 30.3 Å². The van der Waals surface area contributed by atoms with E-state index in [4.69, 9.17) is 4.42 Å². The summed E-state index contributed by atoms with van der Waals surface area (Å²) >= 11 is 0. The first-order valence-corrected chi connectivity index (χ1v) is 5.71. The van der Waals surface area contributed by atoms with Gasteiger partial charge in [-0.05, 0) is 17.5 Å². The van der Waals surface area contributed by atoms with Crippen LogP contribution in [0.3, 0.4) is 0 Å². The van der Waals surface area contributed by atoms with Crippen molar-refractivity contribution >= 4 is 21.7 Å². The largest absolute Gasteiger partial charge is 0.422 e. The molecule has 0 N–H and O–H groups in total. The van der Waals surface area contributed by atoms with Gasteiger partial charge in [0.1, 0.15) is 5.58 Å². The van der Waals surface area contributed by atoms with Crippen LogP contribution in [0.4, 0.5) is 0 Å². The molecule has 0 atom stereocenters. The zero-order valence-electron chi connectivity index (χ0n) is 9.83. The van der Waals surface area contributed by atoms with Crippen LogP contribution in [0.2, 0.25) is 0 Å². The van der Waals surface area contributed by atoms with Crippen molar-refractivity contribution in [3.8, 4) is 0 Å². The van der Waals surface area contributed by atoms with E-state index in [-0.39, 0.29) is 6.54 Å². The summed E-state index contributed by atoms with van der Waals surface area (Å²) in [5, 5.41) is 12.6. The van der Waals surface area contributed by atoms with Gasteiger partial charge in [-0.2, -0.15) is 0 Å². The lowest BCUT2D eigenvalue weighted by Crippen LogP contribution is -2.01. The van der Waals surface area contributed by atoms with Gasteiger partial charge in [-0.15, -0.1) is 0 Å². The molecule has 1 heterocycles. The highest BCUT2D eigenvalue weighted by Gasteiger charge is 2.09. The van der Waals surface area contributed by atoms with Crippen molar-refractivity contribution in [1.29, 1.82) is 0 Å². The van der Waals surface area contributed by atoms with Crippen LogP contribution in [0, 0.1) is 10.1 Å². The molecule has 0 aliphatic carbocycles. The molecule has 3 rings (SSSR count). The average molecular weight is 255 g/mol. The SMILES string of the molecule is O=c1oc2cc(C[N+](=O)[O-])ccc2c2ccccc12. The summed E-state index contributed by atoms with van der Waals surface area (Å²) in [6, 6.07) is 12.1. The molecule has 0 fully saturated rings. The normalized spacial score (nSPS) is 10.9. The molecule has 0 bridgehead atoms. The Labute approximate surface area is 107 Å².